The molecule has 0 heterocycles. The molecule has 0 unspecified atom stereocenters. The number of benzene rings is 2. The zero-order valence-corrected chi connectivity index (χ0v) is 18.4. The minimum atomic E-state index is -3.76. The van der Waals surface area contributed by atoms with Crippen molar-refractivity contribution < 1.29 is 22.7 Å². The fraction of sp³-hybridized carbons (Fsp3) is 0.381. The number of carbonyl (C=O) groups excluding carboxylic acids is 1. The van der Waals surface area contributed by atoms with Gasteiger partial charge in [0.05, 0.1) is 32.2 Å². The molecule has 0 saturated heterocycles. The second-order valence-electron chi connectivity index (χ2n) is 6.88. The molecule has 0 saturated carbocycles. The maximum atomic E-state index is 13.0. The van der Waals surface area contributed by atoms with Crippen LogP contribution in [0.2, 0.25) is 0 Å². The number of sulfonamides is 1. The van der Waals surface area contributed by atoms with Gasteiger partial charge in [0, 0.05) is 5.56 Å². The third kappa shape index (κ3) is 5.20. The number of nitrogens with zero attached hydrogens (tertiary/aromatic N) is 1. The summed E-state index contributed by atoms with van der Waals surface area (Å²) in [5.74, 6) is 0.587. The van der Waals surface area contributed by atoms with E-state index in [-0.39, 0.29) is 6.04 Å². The van der Waals surface area contributed by atoms with Gasteiger partial charge in [-0.05, 0) is 44.5 Å². The van der Waals surface area contributed by atoms with Crippen molar-refractivity contribution in [3.8, 4) is 11.5 Å². The van der Waals surface area contributed by atoms with E-state index < -0.39 is 22.0 Å². The highest BCUT2D eigenvalue weighted by atomic mass is 32.2. The number of methoxy groups -OCH3 is 2. The van der Waals surface area contributed by atoms with Gasteiger partial charge in [-0.15, -0.1) is 0 Å². The van der Waals surface area contributed by atoms with Gasteiger partial charge < -0.3 is 14.8 Å². The molecule has 2 rings (SSSR count). The second-order valence-corrected chi connectivity index (χ2v) is 8.74. The van der Waals surface area contributed by atoms with Gasteiger partial charge in [-0.25, -0.2) is 8.42 Å². The number of rotatable bonds is 8. The molecule has 0 aromatic heterocycles. The van der Waals surface area contributed by atoms with Gasteiger partial charge in [0.1, 0.15) is 17.5 Å². The number of hydrogen-bond acceptors (Lipinski definition) is 5. The largest absolute Gasteiger partial charge is 0.496 e. The predicted molar refractivity (Wildman–Crippen MR) is 114 cm³/mol. The van der Waals surface area contributed by atoms with Crippen LogP contribution in [-0.4, -0.2) is 40.8 Å². The number of amides is 1. The van der Waals surface area contributed by atoms with Crippen LogP contribution in [0.3, 0.4) is 0 Å². The topological polar surface area (TPSA) is 84.9 Å². The number of para-hydroxylation sites is 1. The Morgan fingerprint density at radius 3 is 2.24 bits per heavy atom. The van der Waals surface area contributed by atoms with Gasteiger partial charge in [-0.1, -0.05) is 24.3 Å². The predicted octanol–water partition coefficient (Wildman–Crippen LogP) is 3.04. The van der Waals surface area contributed by atoms with Crippen LogP contribution in [0.1, 0.15) is 31.0 Å². The van der Waals surface area contributed by atoms with Gasteiger partial charge in [-0.3, -0.25) is 9.10 Å². The molecule has 2 aromatic rings. The molecule has 0 aliphatic rings. The average Bonchev–Trinajstić information content (AvgIpc) is 2.67. The summed E-state index contributed by atoms with van der Waals surface area (Å²) in [5, 5.41) is 2.88. The molecule has 0 bridgehead atoms. The molecule has 8 heteroatoms. The Balaban J connectivity index is 2.36. The van der Waals surface area contributed by atoms with Crippen LogP contribution in [0, 0.1) is 6.92 Å². The molecular weight excluding hydrogens is 392 g/mol. The lowest BCUT2D eigenvalue weighted by molar-refractivity contribution is -0.122. The average molecular weight is 421 g/mol. The molecule has 2 atom stereocenters. The van der Waals surface area contributed by atoms with E-state index in [0.29, 0.717) is 17.2 Å². The molecule has 158 valence electrons. The van der Waals surface area contributed by atoms with E-state index in [0.717, 1.165) is 21.7 Å². The van der Waals surface area contributed by atoms with Gasteiger partial charge in [0.15, 0.2) is 0 Å². The number of nitrogens with one attached hydrogen (secondary N) is 1. The van der Waals surface area contributed by atoms with Crippen molar-refractivity contribution >= 4 is 21.6 Å². The van der Waals surface area contributed by atoms with Crippen LogP contribution in [-0.2, 0) is 14.8 Å². The first-order valence-electron chi connectivity index (χ1n) is 9.17. The molecule has 0 aliphatic heterocycles. The minimum absolute atomic E-state index is 0.322. The molecule has 2 aromatic carbocycles. The van der Waals surface area contributed by atoms with Crippen LogP contribution in [0.15, 0.2) is 42.5 Å². The number of carbonyl (C=O) groups is 1. The number of hydrogen-bond donors (Lipinski definition) is 1. The summed E-state index contributed by atoms with van der Waals surface area (Å²) >= 11 is 0. The lowest BCUT2D eigenvalue weighted by atomic mass is 10.1. The summed E-state index contributed by atoms with van der Waals surface area (Å²) in [6.07, 6.45) is 1.07. The summed E-state index contributed by atoms with van der Waals surface area (Å²) in [6, 6.07) is 11.2. The van der Waals surface area contributed by atoms with Crippen LogP contribution >= 0.6 is 0 Å². The van der Waals surface area contributed by atoms with E-state index in [1.807, 2.05) is 44.2 Å². The molecule has 0 spiro atoms. The molecule has 0 radical (unpaired) electrons. The summed E-state index contributed by atoms with van der Waals surface area (Å²) in [4.78, 5) is 13.0. The highest BCUT2D eigenvalue weighted by Crippen LogP contribution is 2.33. The van der Waals surface area contributed by atoms with Gasteiger partial charge in [0.2, 0.25) is 15.9 Å². The van der Waals surface area contributed by atoms with Crippen molar-refractivity contribution in [3.05, 3.63) is 53.6 Å². The van der Waals surface area contributed by atoms with Gasteiger partial charge in [0.25, 0.3) is 0 Å². The molecule has 1 amide bonds. The lowest BCUT2D eigenvalue weighted by Crippen LogP contribution is -2.48. The Bertz CT molecular complexity index is 975. The van der Waals surface area contributed by atoms with E-state index in [4.69, 9.17) is 9.47 Å². The molecule has 1 N–H and O–H groups in total. The number of anilines is 1. The Morgan fingerprint density at radius 1 is 1.03 bits per heavy atom. The smallest absolute Gasteiger partial charge is 0.244 e. The summed E-state index contributed by atoms with van der Waals surface area (Å²) in [5.41, 5.74) is 1.97. The van der Waals surface area contributed by atoms with Crippen molar-refractivity contribution in [2.45, 2.75) is 32.9 Å². The molecular formula is C21H28N2O5S. The number of aryl methyl sites for hydroxylation is 1. The maximum Gasteiger partial charge on any atom is 0.244 e. The van der Waals surface area contributed by atoms with Crippen molar-refractivity contribution in [2.24, 2.45) is 0 Å². The van der Waals surface area contributed by atoms with Crippen LogP contribution in [0.4, 0.5) is 5.69 Å². The van der Waals surface area contributed by atoms with E-state index >= 15 is 0 Å². The molecule has 0 aliphatic carbocycles. The van der Waals surface area contributed by atoms with E-state index in [1.54, 1.807) is 26.2 Å². The van der Waals surface area contributed by atoms with Gasteiger partial charge >= 0.3 is 0 Å². The molecule has 0 fully saturated rings. The summed E-state index contributed by atoms with van der Waals surface area (Å²) in [6.45, 7) is 5.21. The fourth-order valence-electron chi connectivity index (χ4n) is 3.19. The quantitative estimate of drug-likeness (QED) is 0.710. The highest BCUT2D eigenvalue weighted by Gasteiger charge is 2.32. The number of ether oxygens (including phenoxy) is 2. The van der Waals surface area contributed by atoms with Crippen LogP contribution < -0.4 is 19.1 Å². The maximum absolute atomic E-state index is 13.0. The fourth-order valence-corrected chi connectivity index (χ4v) is 4.36. The summed E-state index contributed by atoms with van der Waals surface area (Å²) in [7, 11) is -0.735. The Labute approximate surface area is 172 Å². The van der Waals surface area contributed by atoms with E-state index in [1.165, 1.54) is 7.11 Å². The van der Waals surface area contributed by atoms with E-state index in [9.17, 15) is 13.2 Å². The Morgan fingerprint density at radius 2 is 1.66 bits per heavy atom. The normalized spacial score (nSPS) is 13.3. The molecule has 7 nitrogen and oxygen atoms in total. The third-order valence-electron chi connectivity index (χ3n) is 4.62. The Kier molecular flexibility index (Phi) is 7.13. The SMILES string of the molecule is COc1ccccc1[C@H](C)NC(=O)[C@@H](C)N(c1cc(C)ccc1OC)S(C)(=O)=O. The third-order valence-corrected chi connectivity index (χ3v) is 5.85. The monoisotopic (exact) mass is 420 g/mol. The standard InChI is InChI=1S/C21H28N2O5S/c1-14-11-12-20(28-5)18(13-14)23(29(6,25)26)16(3)21(24)22-15(2)17-9-7-8-10-19(17)27-4/h7-13,15-16H,1-6H3,(H,22,24)/t15-,16+/m0/s1. The molecule has 29 heavy (non-hydrogen) atoms. The van der Waals surface area contributed by atoms with E-state index in [2.05, 4.69) is 5.32 Å². The second kappa shape index (κ2) is 9.17. The van der Waals surface area contributed by atoms with Crippen LogP contribution in [0.25, 0.3) is 0 Å². The summed E-state index contributed by atoms with van der Waals surface area (Å²) < 4.78 is 36.9. The van der Waals surface area contributed by atoms with Crippen molar-refractivity contribution in [1.82, 2.24) is 5.32 Å². The lowest BCUT2D eigenvalue weighted by Gasteiger charge is -2.30. The van der Waals surface area contributed by atoms with Crippen molar-refractivity contribution in [3.63, 3.8) is 0 Å². The van der Waals surface area contributed by atoms with Gasteiger partial charge in [-0.2, -0.15) is 0 Å². The zero-order chi connectivity index (χ0) is 21.8. The first kappa shape index (κ1) is 22.5. The van der Waals surface area contributed by atoms with Crippen molar-refractivity contribution in [1.29, 1.82) is 0 Å². The first-order valence-corrected chi connectivity index (χ1v) is 11.0. The zero-order valence-electron chi connectivity index (χ0n) is 17.6. The van der Waals surface area contributed by atoms with Crippen LogP contribution in [0.5, 0.6) is 11.5 Å². The van der Waals surface area contributed by atoms with Crippen molar-refractivity contribution in [2.75, 3.05) is 24.8 Å². The Hall–Kier alpha value is -2.74. The highest BCUT2D eigenvalue weighted by molar-refractivity contribution is 7.92. The first-order chi connectivity index (χ1) is 13.6. The minimum Gasteiger partial charge on any atom is -0.496 e.